The Labute approximate surface area is 258 Å². The predicted molar refractivity (Wildman–Crippen MR) is 163 cm³/mol. The molecule has 0 spiro atoms. The third-order valence-corrected chi connectivity index (χ3v) is 8.58. The molecule has 0 saturated carbocycles. The van der Waals surface area contributed by atoms with Crippen LogP contribution in [0.5, 0.6) is 0 Å². The summed E-state index contributed by atoms with van der Waals surface area (Å²) in [7, 11) is -4.51. The zero-order valence-electron chi connectivity index (χ0n) is 27.5. The second-order valence-electron chi connectivity index (χ2n) is 12.9. The van der Waals surface area contributed by atoms with Gasteiger partial charge in [-0.15, -0.1) is 0 Å². The zero-order chi connectivity index (χ0) is 32.3. The third-order valence-electron chi connectivity index (χ3n) is 7.54. The Morgan fingerprint density at radius 3 is 2.00 bits per heavy atom. The van der Waals surface area contributed by atoms with Crippen molar-refractivity contribution in [3.05, 3.63) is 0 Å². The summed E-state index contributed by atoms with van der Waals surface area (Å²) in [6, 6.07) is -0.492. The Bertz CT molecular complexity index is 946. The van der Waals surface area contributed by atoms with Crippen LogP contribution in [0.25, 0.3) is 0 Å². The van der Waals surface area contributed by atoms with E-state index in [1.165, 1.54) is 0 Å². The van der Waals surface area contributed by atoms with Crippen molar-refractivity contribution in [3.63, 3.8) is 0 Å². The van der Waals surface area contributed by atoms with E-state index >= 15 is 0 Å². The van der Waals surface area contributed by atoms with E-state index in [1.54, 1.807) is 9.80 Å². The number of carbonyl (C=O) groups is 3. The van der Waals surface area contributed by atoms with E-state index in [9.17, 15) is 23.8 Å². The quantitative estimate of drug-likeness (QED) is 0.202. The molecule has 0 aliphatic carbocycles. The minimum absolute atomic E-state index is 0.0249. The normalized spacial score (nSPS) is 24.1. The minimum Gasteiger partial charge on any atom is -0.377 e. The van der Waals surface area contributed by atoms with E-state index in [0.29, 0.717) is 51.8 Å². The van der Waals surface area contributed by atoms with Crippen LogP contribution in [0.1, 0.15) is 93.9 Å². The van der Waals surface area contributed by atoms with Gasteiger partial charge in [0.25, 0.3) is 0 Å². The van der Waals surface area contributed by atoms with Crippen molar-refractivity contribution in [1.82, 2.24) is 15.1 Å². The Morgan fingerprint density at radius 1 is 0.837 bits per heavy atom. The fourth-order valence-electron chi connectivity index (χ4n) is 5.39. The second kappa shape index (κ2) is 17.9. The first-order valence-electron chi connectivity index (χ1n) is 15.9. The molecule has 2 N–H and O–H groups in total. The number of amides is 2. The predicted octanol–water partition coefficient (Wildman–Crippen LogP) is 3.69. The van der Waals surface area contributed by atoms with Gasteiger partial charge in [-0.25, -0.2) is 4.57 Å². The van der Waals surface area contributed by atoms with Crippen LogP contribution in [-0.2, 0) is 37.5 Å². The van der Waals surface area contributed by atoms with Crippen LogP contribution in [0.4, 0.5) is 0 Å². The maximum absolute atomic E-state index is 13.1. The Morgan fingerprint density at radius 2 is 1.42 bits per heavy atom. The number of phosphoric ester groups is 1. The zero-order valence-corrected chi connectivity index (χ0v) is 28.3. The molecule has 2 fully saturated rings. The molecule has 2 aliphatic heterocycles. The van der Waals surface area contributed by atoms with Gasteiger partial charge in [-0.3, -0.25) is 23.4 Å². The van der Waals surface area contributed by atoms with Gasteiger partial charge in [0, 0.05) is 50.9 Å². The van der Waals surface area contributed by atoms with E-state index in [1.807, 2.05) is 55.4 Å². The van der Waals surface area contributed by atoms with Gasteiger partial charge < -0.3 is 29.5 Å². The van der Waals surface area contributed by atoms with Gasteiger partial charge in [0.05, 0.1) is 49.7 Å². The number of rotatable bonds is 19. The largest absolute Gasteiger partial charge is 0.472 e. The summed E-state index contributed by atoms with van der Waals surface area (Å²) in [5.41, 5.74) is 0. The van der Waals surface area contributed by atoms with Crippen LogP contribution in [0, 0.1) is 5.92 Å². The standard InChI is InChI=1S/C30H56N3O9P/c1-20(2)28(34)10-9-11-29(35)32-16-26(41-23(7)8)14-25(32)19-40-43(37,38)42-27-15-24(18-39-22(5)6)33(17-27)30(36)12-13-31-21(3)4/h20-27,31H,9-19H2,1-8H3,(H,37,38)/t24-,25-,26+,27+/m0/s1. The molecule has 2 heterocycles. The van der Waals surface area contributed by atoms with Crippen molar-refractivity contribution >= 4 is 25.4 Å². The van der Waals surface area contributed by atoms with E-state index in [-0.39, 0.29) is 73.5 Å². The molecule has 13 heteroatoms. The highest BCUT2D eigenvalue weighted by atomic mass is 31.2. The molecule has 2 rings (SSSR count). The SMILES string of the molecule is CC(C)NCCC(=O)N1C[C@H](OP(=O)(O)OC[C@@H]2C[C@@H](OC(C)C)CN2C(=O)CCCC(=O)C(C)C)C[C@H]1COC(C)C. The van der Waals surface area contributed by atoms with Crippen LogP contribution in [0.15, 0.2) is 0 Å². The van der Waals surface area contributed by atoms with Gasteiger partial charge in [0.15, 0.2) is 0 Å². The van der Waals surface area contributed by atoms with Crippen molar-refractivity contribution in [2.75, 3.05) is 32.8 Å². The number of ether oxygens (including phenoxy) is 2. The van der Waals surface area contributed by atoms with E-state index in [4.69, 9.17) is 18.5 Å². The number of nitrogens with one attached hydrogen (secondary N) is 1. The molecular weight excluding hydrogens is 577 g/mol. The summed E-state index contributed by atoms with van der Waals surface area (Å²) in [5.74, 6) is -0.170. The molecule has 5 atom stereocenters. The first-order chi connectivity index (χ1) is 20.1. The highest BCUT2D eigenvalue weighted by molar-refractivity contribution is 7.47. The van der Waals surface area contributed by atoms with Crippen LogP contribution < -0.4 is 5.32 Å². The van der Waals surface area contributed by atoms with Crippen molar-refractivity contribution in [1.29, 1.82) is 0 Å². The lowest BCUT2D eigenvalue weighted by molar-refractivity contribution is -0.134. The molecule has 12 nitrogen and oxygen atoms in total. The van der Waals surface area contributed by atoms with E-state index in [0.717, 1.165) is 0 Å². The molecule has 0 aromatic rings. The lowest BCUT2D eigenvalue weighted by atomic mass is 10.0. The van der Waals surface area contributed by atoms with Crippen molar-refractivity contribution in [2.24, 2.45) is 5.92 Å². The Kier molecular flexibility index (Phi) is 15.8. The van der Waals surface area contributed by atoms with Gasteiger partial charge in [-0.2, -0.15) is 0 Å². The molecule has 1 unspecified atom stereocenters. The first kappa shape index (κ1) is 37.8. The summed E-state index contributed by atoms with van der Waals surface area (Å²) in [6.07, 6.45) is 1.10. The maximum atomic E-state index is 13.1. The number of Topliss-reactive ketones (excluding diaryl/α,β-unsaturated/α-hetero) is 1. The molecular formula is C30H56N3O9P. The molecule has 0 radical (unpaired) electrons. The number of ketones is 1. The summed E-state index contributed by atoms with van der Waals surface area (Å²) in [5, 5.41) is 3.24. The third kappa shape index (κ3) is 13.6. The van der Waals surface area contributed by atoms with Crippen LogP contribution in [0.3, 0.4) is 0 Å². The fraction of sp³-hybridized carbons (Fsp3) is 0.900. The van der Waals surface area contributed by atoms with Gasteiger partial charge in [-0.05, 0) is 47.0 Å². The number of carbonyl (C=O) groups excluding carboxylic acids is 3. The molecule has 0 aromatic heterocycles. The number of phosphoric acid groups is 1. The van der Waals surface area contributed by atoms with E-state index < -0.39 is 20.0 Å². The first-order valence-corrected chi connectivity index (χ1v) is 17.3. The molecule has 0 bridgehead atoms. The highest BCUT2D eigenvalue weighted by Gasteiger charge is 2.42. The van der Waals surface area contributed by atoms with Crippen molar-refractivity contribution < 1.29 is 42.4 Å². The number of nitrogens with zero attached hydrogens (tertiary/aromatic N) is 2. The number of hydrogen-bond donors (Lipinski definition) is 2. The van der Waals surface area contributed by atoms with Gasteiger partial charge in [-0.1, -0.05) is 27.7 Å². The summed E-state index contributed by atoms with van der Waals surface area (Å²) in [6.45, 7) is 16.5. The van der Waals surface area contributed by atoms with Gasteiger partial charge in [0.1, 0.15) is 5.78 Å². The summed E-state index contributed by atoms with van der Waals surface area (Å²) >= 11 is 0. The maximum Gasteiger partial charge on any atom is 0.472 e. The minimum atomic E-state index is -4.51. The molecule has 2 saturated heterocycles. The Balaban J connectivity index is 1.99. The van der Waals surface area contributed by atoms with Crippen LogP contribution in [-0.4, -0.2) is 108 Å². The number of hydrogen-bond acceptors (Lipinski definition) is 9. The van der Waals surface area contributed by atoms with Crippen LogP contribution in [0.2, 0.25) is 0 Å². The molecule has 2 aliphatic rings. The van der Waals surface area contributed by atoms with Gasteiger partial charge >= 0.3 is 7.82 Å². The monoisotopic (exact) mass is 633 g/mol. The lowest BCUT2D eigenvalue weighted by Gasteiger charge is -2.26. The summed E-state index contributed by atoms with van der Waals surface area (Å²) in [4.78, 5) is 52.0. The average molecular weight is 634 g/mol. The smallest absolute Gasteiger partial charge is 0.377 e. The second-order valence-corrected chi connectivity index (χ2v) is 14.3. The highest BCUT2D eigenvalue weighted by Crippen LogP contribution is 2.47. The lowest BCUT2D eigenvalue weighted by Crippen LogP contribution is -2.40. The van der Waals surface area contributed by atoms with Gasteiger partial charge in [0.2, 0.25) is 11.8 Å². The van der Waals surface area contributed by atoms with E-state index in [2.05, 4.69) is 5.32 Å². The van der Waals surface area contributed by atoms with Crippen LogP contribution >= 0.6 is 7.82 Å². The molecule has 43 heavy (non-hydrogen) atoms. The van der Waals surface area contributed by atoms with Crippen molar-refractivity contribution in [2.45, 2.75) is 136 Å². The van der Waals surface area contributed by atoms with Crippen molar-refractivity contribution in [3.8, 4) is 0 Å². The fourth-order valence-corrected chi connectivity index (χ4v) is 6.35. The average Bonchev–Trinajstić information content (AvgIpc) is 3.48. The number of likely N-dealkylation sites (tertiary alicyclic amines) is 2. The molecule has 250 valence electrons. The molecule has 2 amide bonds. The topological polar surface area (TPSA) is 144 Å². The Hall–Kier alpha value is -1.40. The molecule has 0 aromatic carbocycles. The summed E-state index contributed by atoms with van der Waals surface area (Å²) < 4.78 is 35.8.